The number of aryl methyl sites for hydroxylation is 1. The van der Waals surface area contributed by atoms with Gasteiger partial charge in [-0.05, 0) is 49.7 Å². The number of hydrogen-bond acceptors (Lipinski definition) is 4. The van der Waals surface area contributed by atoms with Crippen molar-refractivity contribution in [2.24, 2.45) is 17.8 Å². The van der Waals surface area contributed by atoms with Gasteiger partial charge in [-0.2, -0.15) is 0 Å². The summed E-state index contributed by atoms with van der Waals surface area (Å²) in [6, 6.07) is 3.84. The molecule has 2 heterocycles. The van der Waals surface area contributed by atoms with Crippen molar-refractivity contribution in [3.63, 3.8) is 0 Å². The second-order valence-electron chi connectivity index (χ2n) is 6.42. The van der Waals surface area contributed by atoms with E-state index in [-0.39, 0.29) is 5.91 Å². The molecule has 0 aromatic carbocycles. The van der Waals surface area contributed by atoms with Gasteiger partial charge >= 0.3 is 0 Å². The van der Waals surface area contributed by atoms with Gasteiger partial charge in [0.2, 0.25) is 0 Å². The van der Waals surface area contributed by atoms with Crippen molar-refractivity contribution in [2.75, 3.05) is 6.54 Å². The molecule has 0 saturated heterocycles. The number of hydrogen-bond donors (Lipinski definition) is 1. The molecule has 2 bridgehead atoms. The molecule has 2 aromatic heterocycles. The second-order valence-corrected chi connectivity index (χ2v) is 7.42. The van der Waals surface area contributed by atoms with Gasteiger partial charge in [-0.1, -0.05) is 12.2 Å². The first kappa shape index (κ1) is 14.6. The first-order valence-electron chi connectivity index (χ1n) is 8.05. The summed E-state index contributed by atoms with van der Waals surface area (Å²) in [5, 5.41) is 3.99. The lowest BCUT2D eigenvalue weighted by molar-refractivity contribution is 0.0948. The minimum absolute atomic E-state index is 0.00654. The van der Waals surface area contributed by atoms with E-state index in [0.29, 0.717) is 11.8 Å². The Kier molecular flexibility index (Phi) is 3.73. The number of pyridine rings is 1. The third kappa shape index (κ3) is 2.81. The van der Waals surface area contributed by atoms with Crippen molar-refractivity contribution in [1.82, 2.24) is 15.3 Å². The van der Waals surface area contributed by atoms with E-state index in [1.165, 1.54) is 24.2 Å². The number of amides is 1. The normalized spacial score (nSPS) is 25.0. The third-order valence-electron chi connectivity index (χ3n) is 4.87. The highest BCUT2D eigenvalue weighted by Gasteiger charge is 2.35. The number of nitrogens with zero attached hydrogens (tertiary/aromatic N) is 2. The molecule has 0 radical (unpaired) electrons. The molecule has 3 atom stereocenters. The minimum atomic E-state index is 0.00654. The highest BCUT2D eigenvalue weighted by atomic mass is 32.1. The van der Waals surface area contributed by atoms with Gasteiger partial charge in [-0.15, -0.1) is 11.3 Å². The smallest absolute Gasteiger partial charge is 0.263 e. The van der Waals surface area contributed by atoms with Crippen LogP contribution in [-0.2, 0) is 0 Å². The molecule has 5 heteroatoms. The van der Waals surface area contributed by atoms with Crippen molar-refractivity contribution in [3.05, 3.63) is 47.2 Å². The van der Waals surface area contributed by atoms with Gasteiger partial charge in [0.05, 0.1) is 5.69 Å². The molecule has 1 saturated carbocycles. The van der Waals surface area contributed by atoms with Crippen LogP contribution in [0.1, 0.15) is 28.2 Å². The Morgan fingerprint density at radius 3 is 2.83 bits per heavy atom. The highest BCUT2D eigenvalue weighted by Crippen LogP contribution is 2.43. The molecule has 4 rings (SSSR count). The van der Waals surface area contributed by atoms with E-state index >= 15 is 0 Å². The zero-order chi connectivity index (χ0) is 15.8. The van der Waals surface area contributed by atoms with Crippen LogP contribution in [0.4, 0.5) is 0 Å². The maximum Gasteiger partial charge on any atom is 0.263 e. The van der Waals surface area contributed by atoms with E-state index in [2.05, 4.69) is 27.4 Å². The molecule has 2 aromatic rings. The number of carbonyl (C=O) groups excluding carboxylic acids is 1. The first-order chi connectivity index (χ1) is 11.2. The van der Waals surface area contributed by atoms with Gasteiger partial charge in [0.1, 0.15) is 9.88 Å². The van der Waals surface area contributed by atoms with Crippen LogP contribution >= 0.6 is 11.3 Å². The van der Waals surface area contributed by atoms with Crippen LogP contribution < -0.4 is 5.32 Å². The molecular formula is C18H19N3OS. The van der Waals surface area contributed by atoms with Crippen LogP contribution in [0.15, 0.2) is 36.7 Å². The highest BCUT2D eigenvalue weighted by molar-refractivity contribution is 7.17. The number of allylic oxidation sites excluding steroid dienone is 2. The van der Waals surface area contributed by atoms with Crippen molar-refractivity contribution >= 4 is 17.2 Å². The minimum Gasteiger partial charge on any atom is -0.351 e. The van der Waals surface area contributed by atoms with Gasteiger partial charge in [-0.3, -0.25) is 9.78 Å². The van der Waals surface area contributed by atoms with E-state index in [1.807, 2.05) is 19.1 Å². The van der Waals surface area contributed by atoms with Crippen LogP contribution in [0, 0.1) is 24.7 Å². The lowest BCUT2D eigenvalue weighted by Crippen LogP contribution is -2.30. The number of nitrogens with one attached hydrogen (secondary N) is 1. The number of thiazole rings is 1. The van der Waals surface area contributed by atoms with Crippen molar-refractivity contribution in [3.8, 4) is 10.6 Å². The summed E-state index contributed by atoms with van der Waals surface area (Å²) in [6.45, 7) is 2.67. The Morgan fingerprint density at radius 2 is 2.13 bits per heavy atom. The van der Waals surface area contributed by atoms with Gasteiger partial charge in [0, 0.05) is 24.5 Å². The summed E-state index contributed by atoms with van der Waals surface area (Å²) in [5.41, 5.74) is 1.80. The average Bonchev–Trinajstić information content (AvgIpc) is 3.28. The lowest BCUT2D eigenvalue weighted by Gasteiger charge is -2.18. The Balaban J connectivity index is 1.44. The molecule has 2 aliphatic carbocycles. The Hall–Kier alpha value is -2.01. The Bertz CT molecular complexity index is 753. The van der Waals surface area contributed by atoms with Crippen LogP contribution in [0.25, 0.3) is 10.6 Å². The number of carbonyl (C=O) groups is 1. The fraction of sp³-hybridized carbons (Fsp3) is 0.389. The molecule has 1 fully saturated rings. The summed E-state index contributed by atoms with van der Waals surface area (Å²) in [5.74, 6) is 2.01. The number of fused-ring (bicyclic) bond motifs is 2. The molecule has 23 heavy (non-hydrogen) atoms. The predicted octanol–water partition coefficient (Wildman–Crippen LogP) is 3.46. The zero-order valence-electron chi connectivity index (χ0n) is 13.0. The van der Waals surface area contributed by atoms with E-state index in [0.717, 1.165) is 33.6 Å². The maximum absolute atomic E-state index is 12.5. The van der Waals surface area contributed by atoms with Crippen LogP contribution in [0.2, 0.25) is 0 Å². The molecule has 1 N–H and O–H groups in total. The van der Waals surface area contributed by atoms with Gasteiger partial charge < -0.3 is 5.32 Å². The van der Waals surface area contributed by atoms with Crippen LogP contribution in [-0.4, -0.2) is 22.4 Å². The zero-order valence-corrected chi connectivity index (χ0v) is 13.8. The maximum atomic E-state index is 12.5. The standard InChI is InChI=1S/C18H19N3OS/c1-11-16(23-18(21-11)13-4-6-19-7-5-13)17(22)20-10-15-9-12-2-3-14(15)8-12/h2-7,12,14-15H,8-10H2,1H3,(H,20,22). The van der Waals surface area contributed by atoms with Crippen molar-refractivity contribution in [2.45, 2.75) is 19.8 Å². The molecule has 118 valence electrons. The quantitative estimate of drug-likeness (QED) is 0.876. The van der Waals surface area contributed by atoms with E-state index < -0.39 is 0 Å². The average molecular weight is 325 g/mol. The molecule has 4 nitrogen and oxygen atoms in total. The molecule has 0 aliphatic heterocycles. The summed E-state index contributed by atoms with van der Waals surface area (Å²) in [7, 11) is 0. The topological polar surface area (TPSA) is 54.9 Å². The molecule has 2 aliphatic rings. The Morgan fingerprint density at radius 1 is 1.30 bits per heavy atom. The fourth-order valence-electron chi connectivity index (χ4n) is 3.66. The summed E-state index contributed by atoms with van der Waals surface area (Å²) in [4.78, 5) is 21.8. The van der Waals surface area contributed by atoms with Gasteiger partial charge in [0.15, 0.2) is 0 Å². The van der Waals surface area contributed by atoms with E-state index in [1.54, 1.807) is 12.4 Å². The SMILES string of the molecule is Cc1nc(-c2ccncc2)sc1C(=O)NCC1CC2C=CC1C2. The second kappa shape index (κ2) is 5.89. The fourth-order valence-corrected chi connectivity index (χ4v) is 4.65. The molecule has 1 amide bonds. The monoisotopic (exact) mass is 325 g/mol. The molecule has 3 unspecified atom stereocenters. The predicted molar refractivity (Wildman–Crippen MR) is 91.3 cm³/mol. The van der Waals surface area contributed by atoms with E-state index in [4.69, 9.17) is 0 Å². The molecular weight excluding hydrogens is 306 g/mol. The summed E-state index contributed by atoms with van der Waals surface area (Å²) < 4.78 is 0. The van der Waals surface area contributed by atoms with Crippen LogP contribution in [0.5, 0.6) is 0 Å². The number of rotatable bonds is 4. The molecule has 0 spiro atoms. The first-order valence-corrected chi connectivity index (χ1v) is 8.86. The third-order valence-corrected chi connectivity index (χ3v) is 6.08. The Labute approximate surface area is 139 Å². The largest absolute Gasteiger partial charge is 0.351 e. The van der Waals surface area contributed by atoms with Crippen molar-refractivity contribution < 1.29 is 4.79 Å². The van der Waals surface area contributed by atoms with Gasteiger partial charge in [0.25, 0.3) is 5.91 Å². The number of aromatic nitrogens is 2. The van der Waals surface area contributed by atoms with Crippen LogP contribution in [0.3, 0.4) is 0 Å². The van der Waals surface area contributed by atoms with E-state index in [9.17, 15) is 4.79 Å². The summed E-state index contributed by atoms with van der Waals surface area (Å²) >= 11 is 1.45. The lowest BCUT2D eigenvalue weighted by atomic mass is 9.93. The van der Waals surface area contributed by atoms with Gasteiger partial charge in [-0.25, -0.2) is 4.98 Å². The summed E-state index contributed by atoms with van der Waals surface area (Å²) in [6.07, 6.45) is 10.6. The van der Waals surface area contributed by atoms with Crippen molar-refractivity contribution in [1.29, 1.82) is 0 Å².